The van der Waals surface area contributed by atoms with Gasteiger partial charge in [-0.1, -0.05) is 13.8 Å². The zero-order valence-electron chi connectivity index (χ0n) is 24.1. The van der Waals surface area contributed by atoms with Crippen molar-refractivity contribution in [2.24, 2.45) is 5.41 Å². The van der Waals surface area contributed by atoms with E-state index in [0.717, 1.165) is 0 Å². The summed E-state index contributed by atoms with van der Waals surface area (Å²) in [6, 6.07) is 0.158. The van der Waals surface area contributed by atoms with E-state index >= 15 is 0 Å². The Balaban J connectivity index is 2.11. The third-order valence-corrected chi connectivity index (χ3v) is 7.39. The lowest BCUT2D eigenvalue weighted by Crippen LogP contribution is -2.70. The third kappa shape index (κ3) is 8.05. The number of benzene rings is 1. The summed E-state index contributed by atoms with van der Waals surface area (Å²) in [5.41, 5.74) is -1.56. The minimum absolute atomic E-state index is 0.0159. The first-order valence-corrected chi connectivity index (χ1v) is 13.7. The van der Waals surface area contributed by atoms with Crippen molar-refractivity contribution in [2.75, 3.05) is 6.54 Å². The summed E-state index contributed by atoms with van der Waals surface area (Å²) in [6.45, 7) is 2.77. The second-order valence-electron chi connectivity index (χ2n) is 9.98. The number of nitrogens with zero attached hydrogens (tertiary/aromatic N) is 3. The lowest BCUT2D eigenvalue weighted by molar-refractivity contribution is -0.384. The summed E-state index contributed by atoms with van der Waals surface area (Å²) in [4.78, 5) is 98.6. The van der Waals surface area contributed by atoms with E-state index in [-0.39, 0.29) is 55.8 Å². The van der Waals surface area contributed by atoms with Crippen LogP contribution in [0.3, 0.4) is 0 Å². The van der Waals surface area contributed by atoms with Crippen LogP contribution in [0.1, 0.15) is 64.4 Å². The number of non-ortho nitro benzene ring substituents is 1. The van der Waals surface area contributed by atoms with Gasteiger partial charge in [0.15, 0.2) is 0 Å². The number of amides is 5. The summed E-state index contributed by atoms with van der Waals surface area (Å²) in [5, 5.41) is 41.9. The fraction of sp³-hybridized carbons (Fsp3) is 0.519. The van der Waals surface area contributed by atoms with Gasteiger partial charge >= 0.3 is 30.0 Å². The average Bonchev–Trinajstić information content (AvgIpc) is 2.97. The number of rotatable bonds is 17. The molecule has 0 saturated carbocycles. The number of urea groups is 1. The predicted octanol–water partition coefficient (Wildman–Crippen LogP) is 2.36. The number of aliphatic carboxylic acids is 3. The van der Waals surface area contributed by atoms with Gasteiger partial charge in [0.1, 0.15) is 24.1 Å². The molecule has 5 amide bonds. The molecule has 0 aromatic heterocycles. The number of carboxylic acids is 3. The Kier molecular flexibility index (Phi) is 12.3. The molecule has 0 bridgehead atoms. The molecule has 0 spiro atoms. The van der Waals surface area contributed by atoms with Crippen LogP contribution in [0.2, 0.25) is 0 Å². The number of alkyl carbamates (subject to hydrolysis) is 1. The van der Waals surface area contributed by atoms with Gasteiger partial charge in [0.25, 0.3) is 5.69 Å². The molecular formula is C27H34N4O13. The van der Waals surface area contributed by atoms with Crippen molar-refractivity contribution >= 4 is 47.5 Å². The summed E-state index contributed by atoms with van der Waals surface area (Å²) in [5.74, 6) is -6.88. The predicted molar refractivity (Wildman–Crippen MR) is 147 cm³/mol. The van der Waals surface area contributed by atoms with Gasteiger partial charge in [-0.2, -0.15) is 0 Å². The SMILES string of the molecule is CCC1(CC)C(=O)N(C(CCCCNC(=O)OCc2ccc([N+](=O)[O-])cc2)C(=O)O)C(=O)N(C(CCC(=O)O)C(=O)O)C1=O. The van der Waals surface area contributed by atoms with Crippen molar-refractivity contribution in [3.63, 3.8) is 0 Å². The number of carboxylic acid groups (broad SMARTS) is 3. The number of ether oxygens (including phenoxy) is 1. The summed E-state index contributed by atoms with van der Waals surface area (Å²) in [7, 11) is 0. The number of hydrogen-bond donors (Lipinski definition) is 4. The lowest BCUT2D eigenvalue weighted by Gasteiger charge is -2.46. The molecule has 17 nitrogen and oxygen atoms in total. The normalized spacial score (nSPS) is 15.8. The standard InChI is InChI=1S/C27H34N4O13/c1-3-27(4-2)23(38)29(26(41)30(24(27)39)19(22(36)37)12-13-20(32)33)18(21(34)35)7-5-6-14-28-25(40)44-15-16-8-10-17(11-9-16)31(42)43/h8-11,18-19H,3-7,12-15H2,1-2H3,(H,28,40)(H,32,33)(H,34,35)(H,36,37). The smallest absolute Gasteiger partial charge is 0.407 e. The molecule has 1 aromatic rings. The molecule has 4 N–H and O–H groups in total. The lowest BCUT2D eigenvalue weighted by atomic mass is 9.77. The Labute approximate surface area is 250 Å². The number of carbonyl (C=O) groups excluding carboxylic acids is 4. The number of carbonyl (C=O) groups is 7. The number of nitro groups is 1. The van der Waals surface area contributed by atoms with Crippen molar-refractivity contribution < 1.29 is 58.5 Å². The van der Waals surface area contributed by atoms with Gasteiger partial charge in [-0.3, -0.25) is 24.5 Å². The first kappa shape index (κ1) is 35.1. The van der Waals surface area contributed by atoms with Crippen LogP contribution in [0.4, 0.5) is 15.3 Å². The molecule has 1 aliphatic rings. The molecule has 0 radical (unpaired) electrons. The molecule has 1 aromatic carbocycles. The fourth-order valence-corrected chi connectivity index (χ4v) is 4.80. The largest absolute Gasteiger partial charge is 0.481 e. The van der Waals surface area contributed by atoms with E-state index in [9.17, 15) is 53.9 Å². The highest BCUT2D eigenvalue weighted by Gasteiger charge is 2.59. The Bertz CT molecular complexity index is 1290. The molecule has 240 valence electrons. The number of barbiturate groups is 1. The van der Waals surface area contributed by atoms with Crippen LogP contribution in [-0.2, 0) is 35.3 Å². The van der Waals surface area contributed by atoms with Gasteiger partial charge < -0.3 is 25.4 Å². The van der Waals surface area contributed by atoms with Crippen LogP contribution in [0, 0.1) is 15.5 Å². The van der Waals surface area contributed by atoms with Crippen LogP contribution in [0.15, 0.2) is 24.3 Å². The number of hydrogen-bond acceptors (Lipinski definition) is 10. The molecular weight excluding hydrogens is 588 g/mol. The molecule has 2 unspecified atom stereocenters. The zero-order chi connectivity index (χ0) is 33.2. The van der Waals surface area contributed by atoms with Gasteiger partial charge in [0.2, 0.25) is 11.8 Å². The van der Waals surface area contributed by atoms with Gasteiger partial charge in [-0.05, 0) is 56.2 Å². The van der Waals surface area contributed by atoms with Crippen molar-refractivity contribution in [1.29, 1.82) is 0 Å². The van der Waals surface area contributed by atoms with E-state index in [1.54, 1.807) is 0 Å². The molecule has 1 heterocycles. The second-order valence-corrected chi connectivity index (χ2v) is 9.98. The van der Waals surface area contributed by atoms with Crippen LogP contribution in [-0.4, -0.2) is 90.5 Å². The maximum absolute atomic E-state index is 13.5. The summed E-state index contributed by atoms with van der Waals surface area (Å²) >= 11 is 0. The van der Waals surface area contributed by atoms with E-state index in [2.05, 4.69) is 5.32 Å². The number of nitro benzene ring substituents is 1. The van der Waals surface area contributed by atoms with Crippen LogP contribution >= 0.6 is 0 Å². The van der Waals surface area contributed by atoms with Crippen LogP contribution in [0.5, 0.6) is 0 Å². The van der Waals surface area contributed by atoms with Crippen molar-refractivity contribution in [3.8, 4) is 0 Å². The Morgan fingerprint density at radius 1 is 0.909 bits per heavy atom. The molecule has 44 heavy (non-hydrogen) atoms. The maximum atomic E-state index is 13.5. The van der Waals surface area contributed by atoms with Crippen LogP contribution in [0.25, 0.3) is 0 Å². The molecule has 1 saturated heterocycles. The molecule has 0 aliphatic carbocycles. The fourth-order valence-electron chi connectivity index (χ4n) is 4.80. The Hall–Kier alpha value is -5.09. The van der Waals surface area contributed by atoms with E-state index in [1.807, 2.05) is 0 Å². The van der Waals surface area contributed by atoms with Gasteiger partial charge in [0, 0.05) is 25.1 Å². The second kappa shape index (κ2) is 15.4. The van der Waals surface area contributed by atoms with Crippen LogP contribution < -0.4 is 5.32 Å². The zero-order valence-corrected chi connectivity index (χ0v) is 24.1. The average molecular weight is 623 g/mol. The first-order valence-electron chi connectivity index (χ1n) is 13.7. The van der Waals surface area contributed by atoms with Crippen molar-refractivity contribution in [2.45, 2.75) is 77.5 Å². The number of nitrogens with one attached hydrogen (secondary N) is 1. The monoisotopic (exact) mass is 622 g/mol. The highest BCUT2D eigenvalue weighted by Crippen LogP contribution is 2.39. The van der Waals surface area contributed by atoms with Gasteiger partial charge in [-0.25, -0.2) is 29.0 Å². The van der Waals surface area contributed by atoms with Gasteiger partial charge in [0.05, 0.1) is 4.92 Å². The maximum Gasteiger partial charge on any atom is 0.407 e. The van der Waals surface area contributed by atoms with E-state index in [0.29, 0.717) is 10.5 Å². The quantitative estimate of drug-likeness (QED) is 0.0843. The molecule has 1 fully saturated rings. The van der Waals surface area contributed by atoms with Crippen molar-refractivity contribution in [3.05, 3.63) is 39.9 Å². The van der Waals surface area contributed by atoms with Gasteiger partial charge in [-0.15, -0.1) is 0 Å². The van der Waals surface area contributed by atoms with Crippen molar-refractivity contribution in [1.82, 2.24) is 15.1 Å². The minimum atomic E-state index is -1.95. The van der Waals surface area contributed by atoms with E-state index in [4.69, 9.17) is 9.84 Å². The molecule has 2 rings (SSSR count). The van der Waals surface area contributed by atoms with E-state index in [1.165, 1.54) is 38.1 Å². The van der Waals surface area contributed by atoms with E-state index < -0.39 is 77.1 Å². The third-order valence-electron chi connectivity index (χ3n) is 7.39. The topological polar surface area (TPSA) is 251 Å². The number of imide groups is 2. The molecule has 2 atom stereocenters. The highest BCUT2D eigenvalue weighted by atomic mass is 16.6. The molecule has 1 aliphatic heterocycles. The minimum Gasteiger partial charge on any atom is -0.481 e. The number of unbranched alkanes of at least 4 members (excludes halogenated alkanes) is 1. The summed E-state index contributed by atoms with van der Waals surface area (Å²) < 4.78 is 5.03. The Morgan fingerprint density at radius 2 is 1.43 bits per heavy atom. The molecule has 17 heteroatoms. The highest BCUT2D eigenvalue weighted by molar-refractivity contribution is 6.21. The first-order chi connectivity index (χ1) is 20.7. The Morgan fingerprint density at radius 3 is 1.89 bits per heavy atom. The summed E-state index contributed by atoms with van der Waals surface area (Å²) in [6.07, 6.45) is -2.59.